The normalized spacial score (nSPS) is 16.4. The third kappa shape index (κ3) is 2.47. The molecule has 2 aromatic carbocycles. The molecule has 3 aromatic rings. The molecule has 1 aromatic heterocycles. The summed E-state index contributed by atoms with van der Waals surface area (Å²) in [5, 5.41) is 15.5. The third-order valence-corrected chi connectivity index (χ3v) is 4.05. The number of hydrogen-bond acceptors (Lipinski definition) is 4. The van der Waals surface area contributed by atoms with Crippen LogP contribution in [0.1, 0.15) is 17.2 Å². The number of benzene rings is 2. The molecular formula is C16H11ClFN5. The highest BCUT2D eigenvalue weighted by Gasteiger charge is 2.25. The van der Waals surface area contributed by atoms with E-state index in [1.54, 1.807) is 16.8 Å². The Morgan fingerprint density at radius 1 is 1.09 bits per heavy atom. The van der Waals surface area contributed by atoms with E-state index in [1.165, 1.54) is 12.1 Å². The van der Waals surface area contributed by atoms with Gasteiger partial charge in [0.25, 0.3) is 0 Å². The molecule has 1 aliphatic heterocycles. The summed E-state index contributed by atoms with van der Waals surface area (Å²) < 4.78 is 14.8. The quantitative estimate of drug-likeness (QED) is 0.782. The lowest BCUT2D eigenvalue weighted by atomic mass is 10.0. The molecule has 0 saturated heterocycles. The zero-order chi connectivity index (χ0) is 15.8. The van der Waals surface area contributed by atoms with Gasteiger partial charge in [-0.15, -0.1) is 0 Å². The van der Waals surface area contributed by atoms with Gasteiger partial charge in [0.05, 0.1) is 0 Å². The predicted molar refractivity (Wildman–Crippen MR) is 85.4 cm³/mol. The van der Waals surface area contributed by atoms with Crippen LogP contribution in [0.3, 0.4) is 0 Å². The van der Waals surface area contributed by atoms with Crippen LogP contribution in [0.5, 0.6) is 0 Å². The molecule has 1 unspecified atom stereocenters. The van der Waals surface area contributed by atoms with Gasteiger partial charge in [0.2, 0.25) is 5.95 Å². The Hall–Kier alpha value is -2.73. The summed E-state index contributed by atoms with van der Waals surface area (Å²) in [6, 6.07) is 13.6. The summed E-state index contributed by atoms with van der Waals surface area (Å²) in [6.45, 7) is 0. The largest absolute Gasteiger partial charge is 0.323 e. The molecule has 7 heteroatoms. The van der Waals surface area contributed by atoms with E-state index in [-0.39, 0.29) is 11.9 Å². The standard InChI is InChI=1S/C16H11ClFN5/c17-13-4-2-1-3-12(13)15-9-14(10-5-7-11(18)8-6-10)19-16-20-21-22-23(15)16/h1-9,15H,(H,19,20,22). The first-order chi connectivity index (χ1) is 11.2. The lowest BCUT2D eigenvalue weighted by Gasteiger charge is -2.24. The fourth-order valence-electron chi connectivity index (χ4n) is 2.59. The van der Waals surface area contributed by atoms with Crippen LogP contribution < -0.4 is 5.32 Å². The van der Waals surface area contributed by atoms with Gasteiger partial charge in [-0.05, 0) is 58.0 Å². The fraction of sp³-hybridized carbons (Fsp3) is 0.0625. The van der Waals surface area contributed by atoms with E-state index in [0.717, 1.165) is 16.8 Å². The molecule has 0 spiro atoms. The Balaban J connectivity index is 1.83. The molecule has 0 fully saturated rings. The minimum Gasteiger partial charge on any atom is -0.323 e. The van der Waals surface area contributed by atoms with Gasteiger partial charge in [-0.3, -0.25) is 0 Å². The molecule has 1 aliphatic rings. The maximum absolute atomic E-state index is 13.1. The van der Waals surface area contributed by atoms with Crippen LogP contribution in [-0.4, -0.2) is 20.2 Å². The predicted octanol–water partition coefficient (Wildman–Crippen LogP) is 3.52. The topological polar surface area (TPSA) is 55.6 Å². The first-order valence-electron chi connectivity index (χ1n) is 6.99. The summed E-state index contributed by atoms with van der Waals surface area (Å²) in [5.41, 5.74) is 2.54. The zero-order valence-electron chi connectivity index (χ0n) is 11.8. The van der Waals surface area contributed by atoms with Gasteiger partial charge in [-0.25, -0.2) is 4.39 Å². The van der Waals surface area contributed by atoms with E-state index < -0.39 is 0 Å². The minimum absolute atomic E-state index is 0.241. The number of anilines is 1. The van der Waals surface area contributed by atoms with E-state index in [1.807, 2.05) is 30.3 Å². The van der Waals surface area contributed by atoms with Gasteiger partial charge in [-0.1, -0.05) is 34.9 Å². The fourth-order valence-corrected chi connectivity index (χ4v) is 2.84. The van der Waals surface area contributed by atoms with Crippen molar-refractivity contribution in [2.75, 3.05) is 5.32 Å². The highest BCUT2D eigenvalue weighted by Crippen LogP contribution is 2.34. The van der Waals surface area contributed by atoms with E-state index in [2.05, 4.69) is 20.8 Å². The Bertz CT molecular complexity index is 887. The van der Waals surface area contributed by atoms with Crippen LogP contribution in [0.25, 0.3) is 5.70 Å². The van der Waals surface area contributed by atoms with Crippen molar-refractivity contribution in [3.05, 3.63) is 76.6 Å². The van der Waals surface area contributed by atoms with Crippen molar-refractivity contribution in [2.24, 2.45) is 0 Å². The second kappa shape index (κ2) is 5.48. The van der Waals surface area contributed by atoms with Crippen molar-refractivity contribution >= 4 is 23.2 Å². The average molecular weight is 328 g/mol. The molecule has 0 radical (unpaired) electrons. The van der Waals surface area contributed by atoms with Crippen LogP contribution >= 0.6 is 11.6 Å². The molecule has 1 atom stereocenters. The highest BCUT2D eigenvalue weighted by molar-refractivity contribution is 6.31. The lowest BCUT2D eigenvalue weighted by molar-refractivity contribution is 0.586. The maximum Gasteiger partial charge on any atom is 0.248 e. The molecule has 0 saturated carbocycles. The van der Waals surface area contributed by atoms with Gasteiger partial charge >= 0.3 is 0 Å². The van der Waals surface area contributed by atoms with Crippen LogP contribution in [-0.2, 0) is 0 Å². The Morgan fingerprint density at radius 2 is 1.87 bits per heavy atom. The lowest BCUT2D eigenvalue weighted by Crippen LogP contribution is -2.20. The van der Waals surface area contributed by atoms with Crippen LogP contribution in [0.4, 0.5) is 10.3 Å². The molecule has 2 heterocycles. The smallest absolute Gasteiger partial charge is 0.248 e. The molecule has 114 valence electrons. The van der Waals surface area contributed by atoms with Crippen LogP contribution in [0.15, 0.2) is 54.6 Å². The van der Waals surface area contributed by atoms with Gasteiger partial charge in [-0.2, -0.15) is 4.68 Å². The number of halogens is 2. The molecular weight excluding hydrogens is 317 g/mol. The van der Waals surface area contributed by atoms with E-state index in [0.29, 0.717) is 11.0 Å². The van der Waals surface area contributed by atoms with Crippen molar-refractivity contribution in [1.82, 2.24) is 20.2 Å². The summed E-state index contributed by atoms with van der Waals surface area (Å²) in [4.78, 5) is 0. The second-order valence-electron chi connectivity index (χ2n) is 5.13. The third-order valence-electron chi connectivity index (χ3n) is 3.71. The second-order valence-corrected chi connectivity index (χ2v) is 5.53. The SMILES string of the molecule is Fc1ccc(C2=CC(c3ccccc3Cl)n3nnnc3N2)cc1. The van der Waals surface area contributed by atoms with Gasteiger partial charge in [0.1, 0.15) is 11.9 Å². The van der Waals surface area contributed by atoms with Crippen molar-refractivity contribution in [1.29, 1.82) is 0 Å². The van der Waals surface area contributed by atoms with E-state index >= 15 is 0 Å². The van der Waals surface area contributed by atoms with E-state index in [4.69, 9.17) is 11.6 Å². The van der Waals surface area contributed by atoms with E-state index in [9.17, 15) is 4.39 Å². The zero-order valence-corrected chi connectivity index (χ0v) is 12.6. The molecule has 0 amide bonds. The number of fused-ring (bicyclic) bond motifs is 1. The number of tetrazole rings is 1. The molecule has 5 nitrogen and oxygen atoms in total. The maximum atomic E-state index is 13.1. The summed E-state index contributed by atoms with van der Waals surface area (Å²) >= 11 is 6.32. The minimum atomic E-state index is -0.280. The molecule has 23 heavy (non-hydrogen) atoms. The van der Waals surface area contributed by atoms with Crippen LogP contribution in [0.2, 0.25) is 5.02 Å². The number of rotatable bonds is 2. The monoisotopic (exact) mass is 327 g/mol. The number of nitrogens with zero attached hydrogens (tertiary/aromatic N) is 4. The Labute approximate surface area is 136 Å². The van der Waals surface area contributed by atoms with Crippen molar-refractivity contribution in [2.45, 2.75) is 6.04 Å². The Morgan fingerprint density at radius 3 is 2.65 bits per heavy atom. The molecule has 4 rings (SSSR count). The number of aromatic nitrogens is 4. The summed E-state index contributed by atoms with van der Waals surface area (Å²) in [5.74, 6) is 0.231. The average Bonchev–Trinajstić information content (AvgIpc) is 3.04. The van der Waals surface area contributed by atoms with Crippen molar-refractivity contribution in [3.63, 3.8) is 0 Å². The summed E-state index contributed by atoms with van der Waals surface area (Å²) in [7, 11) is 0. The van der Waals surface area contributed by atoms with Gasteiger partial charge in [0.15, 0.2) is 0 Å². The molecule has 1 N–H and O–H groups in total. The first kappa shape index (κ1) is 13.9. The van der Waals surface area contributed by atoms with Crippen molar-refractivity contribution < 1.29 is 4.39 Å². The molecule has 0 aliphatic carbocycles. The summed E-state index contributed by atoms with van der Waals surface area (Å²) in [6.07, 6.45) is 1.97. The number of allylic oxidation sites excluding steroid dienone is 1. The molecule has 0 bridgehead atoms. The number of nitrogens with one attached hydrogen (secondary N) is 1. The highest BCUT2D eigenvalue weighted by atomic mass is 35.5. The number of hydrogen-bond donors (Lipinski definition) is 1. The Kier molecular flexibility index (Phi) is 3.31. The van der Waals surface area contributed by atoms with Crippen LogP contribution in [0, 0.1) is 5.82 Å². The first-order valence-corrected chi connectivity index (χ1v) is 7.37. The van der Waals surface area contributed by atoms with Gasteiger partial charge < -0.3 is 5.32 Å². The van der Waals surface area contributed by atoms with Gasteiger partial charge in [0, 0.05) is 10.7 Å². The van der Waals surface area contributed by atoms with Crippen molar-refractivity contribution in [3.8, 4) is 0 Å².